The van der Waals surface area contributed by atoms with Crippen LogP contribution < -0.4 is 0 Å². The van der Waals surface area contributed by atoms with E-state index < -0.39 is 52.0 Å². The summed E-state index contributed by atoms with van der Waals surface area (Å²) in [5, 5.41) is 0. The molecule has 1 saturated heterocycles. The summed E-state index contributed by atoms with van der Waals surface area (Å²) in [7, 11) is -5.21. The van der Waals surface area contributed by atoms with Crippen molar-refractivity contribution in [1.29, 1.82) is 0 Å². The van der Waals surface area contributed by atoms with E-state index in [4.69, 9.17) is 32.6 Å². The first-order valence-electron chi connectivity index (χ1n) is 19.5. The molecule has 306 valence electrons. The minimum absolute atomic E-state index is 0.102. The minimum Gasteiger partial charge on any atom is -0.726 e. The van der Waals surface area contributed by atoms with Gasteiger partial charge in [-0.3, -0.25) is 4.18 Å². The fourth-order valence-corrected chi connectivity index (χ4v) is 8.94. The molecule has 8 atom stereocenters. The molecule has 10 nitrogen and oxygen atoms in total. The smallest absolute Gasteiger partial charge is 0.218 e. The molecule has 1 saturated carbocycles. The number of ether oxygens (including phenoxy) is 6. The van der Waals surface area contributed by atoms with Crippen molar-refractivity contribution >= 4 is 23.0 Å². The van der Waals surface area contributed by atoms with Crippen LogP contribution in [-0.2, 0) is 88.7 Å². The van der Waals surface area contributed by atoms with Gasteiger partial charge in [-0.1, -0.05) is 152 Å². The van der Waals surface area contributed by atoms with Gasteiger partial charge in [0.15, 0.2) is 6.29 Å². The van der Waals surface area contributed by atoms with Gasteiger partial charge < -0.3 is 33.0 Å². The van der Waals surface area contributed by atoms with Crippen LogP contribution in [0, 0.1) is 5.92 Å². The summed E-state index contributed by atoms with van der Waals surface area (Å²) >= 11 is 4.23. The molecule has 5 aromatic carbocycles. The highest BCUT2D eigenvalue weighted by Crippen LogP contribution is 2.47. The van der Waals surface area contributed by atoms with Crippen LogP contribution in [0.3, 0.4) is 0 Å². The first-order chi connectivity index (χ1) is 28.2. The van der Waals surface area contributed by atoms with Crippen molar-refractivity contribution in [2.75, 3.05) is 6.61 Å². The van der Waals surface area contributed by atoms with Crippen LogP contribution in [0.4, 0.5) is 0 Å². The molecule has 0 spiro atoms. The Labute approximate surface area is 346 Å². The van der Waals surface area contributed by atoms with Crippen molar-refractivity contribution in [2.24, 2.45) is 5.92 Å². The summed E-state index contributed by atoms with van der Waals surface area (Å²) < 4.78 is 81.0. The maximum atomic E-state index is 12.4. The molecule has 1 heterocycles. The Hall–Kier alpha value is -3.92. The molecule has 12 heteroatoms. The lowest BCUT2D eigenvalue weighted by Crippen LogP contribution is -2.46. The van der Waals surface area contributed by atoms with Crippen molar-refractivity contribution < 1.29 is 45.6 Å². The molecule has 0 amide bonds. The summed E-state index contributed by atoms with van der Waals surface area (Å²) in [6.45, 7) is 1.57. The standard InChI is InChI=1S/C46H50O10S2/c47-58(48,49)56-43-41(55-45(54-32-38-24-14-5-15-25-38)44(43)53-31-37-22-12-4-13-23-37)27-46(57)26-40(51-29-35-18-8-2-9-19-35)42(52-30-36-20-10-3-11-21-36)39(46)33-50-28-34-16-6-1-7-17-34/h1-25,39-45,57H,26-33H2,(H,47,48,49)/t39-,40-,41-,42-,43-,44+,45+,46?/m1/s1. The quantitative estimate of drug-likeness (QED) is 0.0465. The lowest BCUT2D eigenvalue weighted by atomic mass is 9.87. The predicted molar refractivity (Wildman–Crippen MR) is 221 cm³/mol. The Bertz CT molecular complexity index is 2060. The molecule has 2 aliphatic rings. The average Bonchev–Trinajstić information content (AvgIpc) is 3.69. The van der Waals surface area contributed by atoms with Gasteiger partial charge in [-0.25, -0.2) is 8.42 Å². The van der Waals surface area contributed by atoms with Crippen molar-refractivity contribution in [2.45, 2.75) is 87.4 Å². The van der Waals surface area contributed by atoms with Gasteiger partial charge in [0.25, 0.3) is 0 Å². The number of hydrogen-bond donors (Lipinski definition) is 0. The lowest BCUT2D eigenvalue weighted by molar-refractivity contribution is -0.187. The van der Waals surface area contributed by atoms with Gasteiger partial charge in [0.05, 0.1) is 63.9 Å². The van der Waals surface area contributed by atoms with Crippen LogP contribution in [0.5, 0.6) is 0 Å². The van der Waals surface area contributed by atoms with E-state index in [0.29, 0.717) is 26.2 Å². The highest BCUT2D eigenvalue weighted by molar-refractivity contribution is 7.80. The molecule has 0 N–H and O–H groups in total. The van der Waals surface area contributed by atoms with E-state index in [2.05, 4.69) is 12.6 Å². The predicted octanol–water partition coefficient (Wildman–Crippen LogP) is 6.91. The van der Waals surface area contributed by atoms with Crippen molar-refractivity contribution in [3.8, 4) is 0 Å². The topological polar surface area (TPSA) is 122 Å². The third-order valence-electron chi connectivity index (χ3n) is 10.6. The molecule has 5 aromatic rings. The molecule has 1 aliphatic carbocycles. The van der Waals surface area contributed by atoms with Crippen LogP contribution >= 0.6 is 0 Å². The largest absolute Gasteiger partial charge is 0.726 e. The summed E-state index contributed by atoms with van der Waals surface area (Å²) in [5.74, 6) is -0.335. The second-order valence-electron chi connectivity index (χ2n) is 14.8. The van der Waals surface area contributed by atoms with Gasteiger partial charge in [0.2, 0.25) is 10.4 Å². The third kappa shape index (κ3) is 11.9. The Morgan fingerprint density at radius 3 is 1.45 bits per heavy atom. The monoisotopic (exact) mass is 826 g/mol. The van der Waals surface area contributed by atoms with Crippen LogP contribution in [0.15, 0.2) is 152 Å². The van der Waals surface area contributed by atoms with Gasteiger partial charge in [0, 0.05) is 12.8 Å². The van der Waals surface area contributed by atoms with E-state index in [9.17, 15) is 13.0 Å². The third-order valence-corrected chi connectivity index (χ3v) is 11.9. The fourth-order valence-electron chi connectivity index (χ4n) is 7.79. The van der Waals surface area contributed by atoms with Crippen LogP contribution in [0.25, 0.3) is 0 Å². The Kier molecular flexibility index (Phi) is 14.8. The van der Waals surface area contributed by atoms with Gasteiger partial charge in [-0.05, 0) is 40.4 Å². The summed E-state index contributed by atoms with van der Waals surface area (Å²) in [6.07, 6.45) is -4.70. The van der Waals surface area contributed by atoms with Crippen molar-refractivity contribution in [3.63, 3.8) is 0 Å². The molecule has 7 rings (SSSR count). The first-order valence-corrected chi connectivity index (χ1v) is 21.3. The molecule has 0 aromatic heterocycles. The summed E-state index contributed by atoms with van der Waals surface area (Å²) in [6, 6.07) is 48.8. The number of rotatable bonds is 20. The molecule has 0 bridgehead atoms. The fraction of sp³-hybridized carbons (Fsp3) is 0.348. The summed E-state index contributed by atoms with van der Waals surface area (Å²) in [4.78, 5) is 0. The molecule has 2 fully saturated rings. The zero-order valence-corrected chi connectivity index (χ0v) is 33.9. The zero-order chi connectivity index (χ0) is 40.2. The van der Waals surface area contributed by atoms with E-state index in [1.54, 1.807) is 0 Å². The highest BCUT2D eigenvalue weighted by Gasteiger charge is 2.61. The first kappa shape index (κ1) is 42.2. The van der Waals surface area contributed by atoms with Gasteiger partial charge >= 0.3 is 0 Å². The van der Waals surface area contributed by atoms with Gasteiger partial charge in [-0.2, -0.15) is 0 Å². The van der Waals surface area contributed by atoms with E-state index in [1.165, 1.54) is 0 Å². The Morgan fingerprint density at radius 2 is 0.983 bits per heavy atom. The van der Waals surface area contributed by atoms with E-state index in [1.807, 2.05) is 152 Å². The zero-order valence-electron chi connectivity index (χ0n) is 32.1. The molecular weight excluding hydrogens is 777 g/mol. The minimum atomic E-state index is -5.21. The van der Waals surface area contributed by atoms with E-state index in [0.717, 1.165) is 27.8 Å². The second kappa shape index (κ2) is 20.4. The van der Waals surface area contributed by atoms with E-state index in [-0.39, 0.29) is 32.2 Å². The Balaban J connectivity index is 1.19. The maximum Gasteiger partial charge on any atom is 0.218 e. The molecule has 1 unspecified atom stereocenters. The SMILES string of the molecule is O=S(=O)([O-])O[C@H]1[C@H](OCc2ccccc2)[C@@H](OCc2ccccc2)O[C@@H]1CC1([SH2+])C[C@@H](OCc2ccccc2)[C@H](OCc2ccccc2)[C@H]1COCc1ccccc1. The molecule has 0 radical (unpaired) electrons. The number of hydrogen-bond acceptors (Lipinski definition) is 10. The van der Waals surface area contributed by atoms with Crippen molar-refractivity contribution in [3.05, 3.63) is 179 Å². The highest BCUT2D eigenvalue weighted by atomic mass is 32.3. The average molecular weight is 827 g/mol. The lowest BCUT2D eigenvalue weighted by Gasteiger charge is -2.32. The van der Waals surface area contributed by atoms with Gasteiger partial charge in [-0.15, -0.1) is 0 Å². The molecular formula is C46H50O10S2. The molecule has 58 heavy (non-hydrogen) atoms. The van der Waals surface area contributed by atoms with Crippen LogP contribution in [0.1, 0.15) is 40.7 Å². The Morgan fingerprint density at radius 1 is 0.569 bits per heavy atom. The second-order valence-corrected chi connectivity index (χ2v) is 16.8. The van der Waals surface area contributed by atoms with Crippen LogP contribution in [-0.4, -0.2) is 61.1 Å². The maximum absolute atomic E-state index is 12.4. The number of benzene rings is 5. The van der Waals surface area contributed by atoms with Gasteiger partial charge in [0.1, 0.15) is 17.0 Å². The summed E-state index contributed by atoms with van der Waals surface area (Å²) in [5.41, 5.74) is 4.76. The molecule has 1 aliphatic heterocycles. The normalized spacial score (nSPS) is 25.9. The van der Waals surface area contributed by atoms with Crippen LogP contribution in [0.2, 0.25) is 0 Å². The van der Waals surface area contributed by atoms with Crippen molar-refractivity contribution in [1.82, 2.24) is 0 Å². The van der Waals surface area contributed by atoms with E-state index >= 15 is 0 Å².